The average molecular weight is 443 g/mol. The maximum Gasteiger partial charge on any atom is 0.131 e. The van der Waals surface area contributed by atoms with Crippen molar-refractivity contribution in [1.82, 2.24) is 0 Å². The second-order valence-corrected chi connectivity index (χ2v) is 7.83. The van der Waals surface area contributed by atoms with Crippen LogP contribution in [0.4, 0.5) is 11.4 Å². The fourth-order valence-electron chi connectivity index (χ4n) is 2.65. The third-order valence-corrected chi connectivity index (χ3v) is 5.18. The van der Waals surface area contributed by atoms with Crippen LogP contribution in [0.15, 0.2) is 68.7 Å². The molecule has 6 heteroatoms. The van der Waals surface area contributed by atoms with Gasteiger partial charge in [0.1, 0.15) is 12.5 Å². The van der Waals surface area contributed by atoms with Gasteiger partial charge in [-0.25, -0.2) is 4.99 Å². The van der Waals surface area contributed by atoms with Crippen molar-refractivity contribution in [3.8, 4) is 0 Å². The van der Waals surface area contributed by atoms with E-state index in [2.05, 4.69) is 43.3 Å². The first kappa shape index (κ1) is 21.9. The molecular weight excluding hydrogens is 416 g/mol. The molecule has 5 nitrogen and oxygen atoms in total. The summed E-state index contributed by atoms with van der Waals surface area (Å²) in [5, 5.41) is 17.0. The molecule has 0 aromatic heterocycles. The van der Waals surface area contributed by atoms with Gasteiger partial charge in [0, 0.05) is 27.6 Å². The quantitative estimate of drug-likeness (QED) is 0.393. The van der Waals surface area contributed by atoms with Gasteiger partial charge < -0.3 is 15.7 Å². The topological polar surface area (TPSA) is 69.0 Å². The van der Waals surface area contributed by atoms with Crippen molar-refractivity contribution in [3.63, 3.8) is 0 Å². The SMILES string of the molecule is C=N/C=C(C)\C(=N/CNc1cc(C)c(Br)c(C(C)(C)O)c1)Nc1ccccc1. The Hall–Kier alpha value is -2.44. The third-order valence-electron chi connectivity index (χ3n) is 4.13. The van der Waals surface area contributed by atoms with E-state index in [4.69, 9.17) is 0 Å². The number of nitrogens with one attached hydrogen (secondary N) is 2. The Morgan fingerprint density at radius 2 is 1.89 bits per heavy atom. The van der Waals surface area contributed by atoms with E-state index in [0.29, 0.717) is 12.5 Å². The maximum absolute atomic E-state index is 10.4. The summed E-state index contributed by atoms with van der Waals surface area (Å²) in [5.41, 5.74) is 3.64. The van der Waals surface area contributed by atoms with Gasteiger partial charge in [-0.3, -0.25) is 4.99 Å². The largest absolute Gasteiger partial charge is 0.386 e. The van der Waals surface area contributed by atoms with Crippen molar-refractivity contribution in [2.45, 2.75) is 33.3 Å². The Labute approximate surface area is 175 Å². The summed E-state index contributed by atoms with van der Waals surface area (Å²) < 4.78 is 0.913. The van der Waals surface area contributed by atoms with E-state index < -0.39 is 5.60 Å². The highest BCUT2D eigenvalue weighted by Crippen LogP contribution is 2.33. The molecule has 0 unspecified atom stereocenters. The number of aliphatic imine (C=N–C) groups is 2. The van der Waals surface area contributed by atoms with E-state index in [9.17, 15) is 5.11 Å². The summed E-state index contributed by atoms with van der Waals surface area (Å²) in [6.07, 6.45) is 1.67. The molecule has 0 saturated carbocycles. The van der Waals surface area contributed by atoms with Gasteiger partial charge in [0.15, 0.2) is 0 Å². The summed E-state index contributed by atoms with van der Waals surface area (Å²) in [6.45, 7) is 11.4. The smallest absolute Gasteiger partial charge is 0.131 e. The Balaban J connectivity index is 2.22. The second kappa shape index (κ2) is 9.66. The van der Waals surface area contributed by atoms with Crippen LogP contribution in [0.3, 0.4) is 0 Å². The molecule has 0 aliphatic heterocycles. The standard InChI is InChI=1S/C22H27BrN4O/c1-15-11-18(12-19(20(15)23)22(3,4)28)25-14-26-21(16(2)13-24-5)27-17-9-7-6-8-10-17/h6-13,25,28H,5,14H2,1-4H3,(H,26,27)/b16-13-. The third kappa shape index (κ3) is 6.04. The number of benzene rings is 2. The van der Waals surface area contributed by atoms with E-state index in [-0.39, 0.29) is 0 Å². The van der Waals surface area contributed by atoms with Crippen LogP contribution >= 0.6 is 15.9 Å². The molecule has 0 atom stereocenters. The Morgan fingerprint density at radius 1 is 1.21 bits per heavy atom. The Morgan fingerprint density at radius 3 is 2.50 bits per heavy atom. The Kier molecular flexibility index (Phi) is 7.54. The zero-order valence-electron chi connectivity index (χ0n) is 16.8. The second-order valence-electron chi connectivity index (χ2n) is 7.04. The number of amidine groups is 1. The van der Waals surface area contributed by atoms with E-state index in [1.807, 2.05) is 56.3 Å². The van der Waals surface area contributed by atoms with Crippen LogP contribution in [-0.4, -0.2) is 24.3 Å². The van der Waals surface area contributed by atoms with Gasteiger partial charge in [0.25, 0.3) is 0 Å². The molecule has 2 aromatic carbocycles. The number of nitrogens with zero attached hydrogens (tertiary/aromatic N) is 2. The monoisotopic (exact) mass is 442 g/mol. The summed E-state index contributed by atoms with van der Waals surface area (Å²) >= 11 is 3.57. The van der Waals surface area contributed by atoms with Crippen molar-refractivity contribution >= 4 is 39.9 Å². The van der Waals surface area contributed by atoms with Crippen LogP contribution in [-0.2, 0) is 5.60 Å². The highest BCUT2D eigenvalue weighted by molar-refractivity contribution is 9.10. The summed E-state index contributed by atoms with van der Waals surface area (Å²) in [6, 6.07) is 13.8. The average Bonchev–Trinajstić information content (AvgIpc) is 2.63. The van der Waals surface area contributed by atoms with Crippen LogP contribution in [0.5, 0.6) is 0 Å². The number of halogens is 1. The first-order chi connectivity index (χ1) is 13.2. The molecule has 0 fully saturated rings. The fourth-order valence-corrected chi connectivity index (χ4v) is 3.36. The molecule has 0 bridgehead atoms. The minimum absolute atomic E-state index is 0.365. The maximum atomic E-state index is 10.4. The minimum Gasteiger partial charge on any atom is -0.386 e. The number of hydrogen-bond acceptors (Lipinski definition) is 4. The van der Waals surface area contributed by atoms with Crippen molar-refractivity contribution in [2.24, 2.45) is 9.98 Å². The van der Waals surface area contributed by atoms with E-state index in [1.54, 1.807) is 20.0 Å². The van der Waals surface area contributed by atoms with E-state index in [1.165, 1.54) is 0 Å². The number of rotatable bonds is 7. The minimum atomic E-state index is -0.945. The normalized spacial score (nSPS) is 12.6. The van der Waals surface area contributed by atoms with Crippen LogP contribution < -0.4 is 10.6 Å². The molecular formula is C22H27BrN4O. The number of aliphatic hydroxyl groups is 1. The van der Waals surface area contributed by atoms with Gasteiger partial charge in [0.05, 0.1) is 5.60 Å². The van der Waals surface area contributed by atoms with E-state index in [0.717, 1.165) is 32.5 Å². The predicted molar refractivity (Wildman–Crippen MR) is 123 cm³/mol. The number of aryl methyl sites for hydroxylation is 1. The van der Waals surface area contributed by atoms with Crippen molar-refractivity contribution in [3.05, 3.63) is 69.8 Å². The van der Waals surface area contributed by atoms with Crippen LogP contribution in [0.25, 0.3) is 0 Å². The molecule has 0 aliphatic rings. The van der Waals surface area contributed by atoms with Gasteiger partial charge in [0.2, 0.25) is 0 Å². The molecule has 28 heavy (non-hydrogen) atoms. The molecule has 0 saturated heterocycles. The first-order valence-electron chi connectivity index (χ1n) is 8.98. The lowest BCUT2D eigenvalue weighted by atomic mass is 9.96. The lowest BCUT2D eigenvalue weighted by molar-refractivity contribution is 0.0778. The van der Waals surface area contributed by atoms with E-state index >= 15 is 0 Å². The molecule has 0 aliphatic carbocycles. The van der Waals surface area contributed by atoms with Crippen molar-refractivity contribution in [2.75, 3.05) is 17.3 Å². The lowest BCUT2D eigenvalue weighted by Gasteiger charge is -2.22. The van der Waals surface area contributed by atoms with Crippen molar-refractivity contribution < 1.29 is 5.11 Å². The van der Waals surface area contributed by atoms with Crippen LogP contribution in [0.2, 0.25) is 0 Å². The first-order valence-corrected chi connectivity index (χ1v) is 9.78. The predicted octanol–water partition coefficient (Wildman–Crippen LogP) is 5.47. The fraction of sp³-hybridized carbons (Fsp3) is 0.273. The zero-order chi connectivity index (χ0) is 20.7. The van der Waals surface area contributed by atoms with Gasteiger partial charge >= 0.3 is 0 Å². The van der Waals surface area contributed by atoms with Crippen LogP contribution in [0, 0.1) is 6.92 Å². The van der Waals surface area contributed by atoms with Gasteiger partial charge in [-0.1, -0.05) is 34.1 Å². The highest BCUT2D eigenvalue weighted by Gasteiger charge is 2.21. The molecule has 0 heterocycles. The molecule has 2 rings (SSSR count). The zero-order valence-corrected chi connectivity index (χ0v) is 18.3. The highest BCUT2D eigenvalue weighted by atomic mass is 79.9. The number of para-hydroxylation sites is 1. The molecule has 0 radical (unpaired) electrons. The summed E-state index contributed by atoms with van der Waals surface area (Å²) in [7, 11) is 0. The van der Waals surface area contributed by atoms with Gasteiger partial charge in [-0.2, -0.15) is 0 Å². The number of anilines is 2. The molecule has 2 aromatic rings. The summed E-state index contributed by atoms with van der Waals surface area (Å²) in [5.74, 6) is 0.711. The van der Waals surface area contributed by atoms with Crippen LogP contribution in [0.1, 0.15) is 31.9 Å². The lowest BCUT2D eigenvalue weighted by Crippen LogP contribution is -2.18. The van der Waals surface area contributed by atoms with Crippen molar-refractivity contribution in [1.29, 1.82) is 0 Å². The molecule has 0 amide bonds. The summed E-state index contributed by atoms with van der Waals surface area (Å²) in [4.78, 5) is 8.48. The molecule has 3 N–H and O–H groups in total. The molecule has 148 valence electrons. The van der Waals surface area contributed by atoms with Gasteiger partial charge in [-0.05, 0) is 69.8 Å². The number of hydrogen-bond donors (Lipinski definition) is 3. The van der Waals surface area contributed by atoms with Gasteiger partial charge in [-0.15, -0.1) is 0 Å². The Bertz CT molecular complexity index is 883. The molecule has 0 spiro atoms.